The minimum absolute atomic E-state index is 0. The van der Waals surface area contributed by atoms with Crippen LogP contribution in [0.5, 0.6) is 5.75 Å². The van der Waals surface area contributed by atoms with Gasteiger partial charge in [0.25, 0.3) is 0 Å². The molecule has 0 aliphatic heterocycles. The molecule has 0 unspecified atom stereocenters. The number of carbonyl (C=O) groups is 1. The van der Waals surface area contributed by atoms with Gasteiger partial charge in [0.1, 0.15) is 12.4 Å². The van der Waals surface area contributed by atoms with Gasteiger partial charge in [-0.2, -0.15) is 0 Å². The number of carboxylic acids is 1. The molecule has 3 aromatic carbocycles. The second kappa shape index (κ2) is 10.9. The van der Waals surface area contributed by atoms with Crippen LogP contribution in [-0.4, -0.2) is 11.1 Å². The molecule has 0 radical (unpaired) electrons. The third-order valence-electron chi connectivity index (χ3n) is 4.35. The first-order valence-electron chi connectivity index (χ1n) is 8.89. The van der Waals surface area contributed by atoms with Gasteiger partial charge in [0.2, 0.25) is 0 Å². The zero-order chi connectivity index (χ0) is 19.1. The number of para-hydroxylation sites is 1. The Morgan fingerprint density at radius 1 is 1.00 bits per heavy atom. The fraction of sp³-hybridized carbons (Fsp3) is 0.125. The summed E-state index contributed by atoms with van der Waals surface area (Å²) in [5.41, 5.74) is 4.30. The summed E-state index contributed by atoms with van der Waals surface area (Å²) >= 11 is 0. The van der Waals surface area contributed by atoms with Gasteiger partial charge in [-0.3, -0.25) is 0 Å². The molecule has 0 amide bonds. The van der Waals surface area contributed by atoms with Crippen LogP contribution in [0.2, 0.25) is 0 Å². The van der Waals surface area contributed by atoms with Crippen molar-refractivity contribution >= 4 is 12.0 Å². The van der Waals surface area contributed by atoms with Crippen molar-refractivity contribution in [1.82, 2.24) is 0 Å². The number of hydrogen-bond acceptors (Lipinski definition) is 2. The molecule has 0 aliphatic rings. The third kappa shape index (κ3) is 5.83. The van der Waals surface area contributed by atoms with E-state index in [4.69, 9.17) is 4.74 Å². The average molecular weight is 382 g/mol. The maximum atomic E-state index is 11.3. The summed E-state index contributed by atoms with van der Waals surface area (Å²) in [5.74, 6) is -0.0504. The van der Waals surface area contributed by atoms with E-state index in [0.717, 1.165) is 28.0 Å². The number of carboxylic acid groups (broad SMARTS) is 1. The molecule has 0 heterocycles. The van der Waals surface area contributed by atoms with Gasteiger partial charge in [-0.25, -0.2) is 4.79 Å². The molecule has 0 spiro atoms. The van der Waals surface area contributed by atoms with Crippen molar-refractivity contribution in [3.63, 3.8) is 0 Å². The van der Waals surface area contributed by atoms with Gasteiger partial charge in [0.05, 0.1) is 5.56 Å². The number of aromatic carboxylic acids is 1. The first-order chi connectivity index (χ1) is 13.1. The third-order valence-corrected chi connectivity index (χ3v) is 4.35. The maximum Gasteiger partial charge on any atom is 1.00 e. The van der Waals surface area contributed by atoms with Gasteiger partial charge in [-0.1, -0.05) is 78.9 Å². The van der Waals surface area contributed by atoms with Crippen LogP contribution in [-0.2, 0) is 13.0 Å². The number of rotatable bonds is 7. The number of allylic oxidation sites excluding steroid dienone is 1. The molecule has 138 valence electrons. The molecule has 0 aliphatic carbocycles. The minimum atomic E-state index is -0.901. The SMILES string of the molecule is Cc1cccc(C=CCc2ccccc2C(=O)O)c1OCc1ccccc1.[H-].[Na+]. The summed E-state index contributed by atoms with van der Waals surface area (Å²) in [4.78, 5) is 11.3. The average Bonchev–Trinajstić information content (AvgIpc) is 2.68. The summed E-state index contributed by atoms with van der Waals surface area (Å²) in [5, 5.41) is 9.30. The summed E-state index contributed by atoms with van der Waals surface area (Å²) in [7, 11) is 0. The van der Waals surface area contributed by atoms with Gasteiger partial charge in [-0.15, -0.1) is 0 Å². The van der Waals surface area contributed by atoms with Crippen LogP contribution in [0.3, 0.4) is 0 Å². The topological polar surface area (TPSA) is 46.5 Å². The van der Waals surface area contributed by atoms with E-state index < -0.39 is 5.97 Å². The number of benzene rings is 3. The van der Waals surface area contributed by atoms with E-state index >= 15 is 0 Å². The molecular weight excluding hydrogens is 359 g/mol. The quantitative estimate of drug-likeness (QED) is 0.639. The molecule has 3 rings (SSSR count). The van der Waals surface area contributed by atoms with Gasteiger partial charge < -0.3 is 11.3 Å². The van der Waals surface area contributed by atoms with E-state index in [0.29, 0.717) is 18.6 Å². The Morgan fingerprint density at radius 2 is 1.71 bits per heavy atom. The minimum Gasteiger partial charge on any atom is -1.00 e. The molecule has 3 aromatic rings. The predicted octanol–water partition coefficient (Wildman–Crippen LogP) is 2.64. The molecule has 0 saturated carbocycles. The van der Waals surface area contributed by atoms with E-state index in [1.807, 2.05) is 79.7 Å². The van der Waals surface area contributed by atoms with Crippen LogP contribution in [0.25, 0.3) is 6.08 Å². The summed E-state index contributed by atoms with van der Waals surface area (Å²) in [6.07, 6.45) is 4.52. The van der Waals surface area contributed by atoms with Crippen molar-refractivity contribution in [2.45, 2.75) is 20.0 Å². The number of aryl methyl sites for hydroxylation is 1. The van der Waals surface area contributed by atoms with Crippen LogP contribution >= 0.6 is 0 Å². The Balaban J connectivity index is 0.00000210. The molecule has 0 saturated heterocycles. The van der Waals surface area contributed by atoms with Gasteiger partial charge in [0.15, 0.2) is 0 Å². The van der Waals surface area contributed by atoms with Crippen molar-refractivity contribution in [1.29, 1.82) is 0 Å². The number of hydrogen-bond donors (Lipinski definition) is 1. The maximum absolute atomic E-state index is 11.3. The zero-order valence-corrected chi connectivity index (χ0v) is 18.3. The van der Waals surface area contributed by atoms with E-state index in [1.54, 1.807) is 12.1 Å². The van der Waals surface area contributed by atoms with E-state index in [2.05, 4.69) is 0 Å². The smallest absolute Gasteiger partial charge is 1.00 e. The van der Waals surface area contributed by atoms with Crippen molar-refractivity contribution < 1.29 is 45.6 Å². The Hall–Kier alpha value is -2.33. The molecule has 4 heteroatoms. The molecule has 0 aromatic heterocycles. The van der Waals surface area contributed by atoms with Crippen LogP contribution in [0, 0.1) is 6.92 Å². The Morgan fingerprint density at radius 3 is 2.46 bits per heavy atom. The fourth-order valence-electron chi connectivity index (χ4n) is 2.95. The molecule has 3 nitrogen and oxygen atoms in total. The van der Waals surface area contributed by atoms with Crippen LogP contribution < -0.4 is 34.3 Å². The molecule has 0 atom stereocenters. The van der Waals surface area contributed by atoms with Crippen molar-refractivity contribution in [2.75, 3.05) is 0 Å². The summed E-state index contributed by atoms with van der Waals surface area (Å²) in [6.45, 7) is 2.53. The normalized spacial score (nSPS) is 10.5. The predicted molar refractivity (Wildman–Crippen MR) is 109 cm³/mol. The standard InChI is InChI=1S/C24H22O3.Na.H/c1-18-9-7-14-21(23(18)27-17-19-10-3-2-4-11-19)15-8-13-20-12-5-6-16-22(20)24(25)26;;/h2-12,14-16H,13,17H2,1H3,(H,25,26);;/q;+1;-1. The first kappa shape index (κ1) is 22.0. The Kier molecular flexibility index (Phi) is 8.52. The van der Waals surface area contributed by atoms with Crippen LogP contribution in [0.4, 0.5) is 0 Å². The molecule has 28 heavy (non-hydrogen) atoms. The Labute approximate surface area is 189 Å². The summed E-state index contributed by atoms with van der Waals surface area (Å²) < 4.78 is 6.07. The van der Waals surface area contributed by atoms with Crippen LogP contribution in [0.15, 0.2) is 78.9 Å². The Bertz CT molecular complexity index is 955. The van der Waals surface area contributed by atoms with Gasteiger partial charge in [0, 0.05) is 5.56 Å². The van der Waals surface area contributed by atoms with Crippen molar-refractivity contribution in [3.8, 4) is 5.75 Å². The fourth-order valence-corrected chi connectivity index (χ4v) is 2.95. The largest absolute Gasteiger partial charge is 1.00 e. The van der Waals surface area contributed by atoms with Gasteiger partial charge >= 0.3 is 35.5 Å². The van der Waals surface area contributed by atoms with E-state index in [-0.39, 0.29) is 31.0 Å². The monoisotopic (exact) mass is 382 g/mol. The second-order valence-corrected chi connectivity index (χ2v) is 6.34. The van der Waals surface area contributed by atoms with Gasteiger partial charge in [-0.05, 0) is 36.1 Å². The number of ether oxygens (including phenoxy) is 1. The van der Waals surface area contributed by atoms with Crippen molar-refractivity contribution in [3.05, 3.63) is 107 Å². The van der Waals surface area contributed by atoms with Crippen molar-refractivity contribution in [2.24, 2.45) is 0 Å². The van der Waals surface area contributed by atoms with E-state index in [9.17, 15) is 9.90 Å². The van der Waals surface area contributed by atoms with E-state index in [1.165, 1.54) is 0 Å². The van der Waals surface area contributed by atoms with Crippen LogP contribution in [0.1, 0.15) is 34.0 Å². The first-order valence-corrected chi connectivity index (χ1v) is 8.89. The molecule has 0 fully saturated rings. The molecular formula is C24H23NaO3. The summed E-state index contributed by atoms with van der Waals surface area (Å²) in [6, 6.07) is 23.2. The zero-order valence-electron chi connectivity index (χ0n) is 17.3. The molecule has 1 N–H and O–H groups in total. The second-order valence-electron chi connectivity index (χ2n) is 6.34. The molecule has 0 bridgehead atoms.